The number of fused-ring (bicyclic) bond motifs is 1. The van der Waals surface area contributed by atoms with Gasteiger partial charge in [0.25, 0.3) is 5.91 Å². The SMILES string of the molecule is COC(=O)c1ccc(CN2C(=O)N/C(=C\c3c(OCC#N)ccc4ccccc34)C2=O)o1. The van der Waals surface area contributed by atoms with Crippen LogP contribution >= 0.6 is 0 Å². The van der Waals surface area contributed by atoms with Crippen molar-refractivity contribution in [3.05, 3.63) is 71.3 Å². The topological polar surface area (TPSA) is 122 Å². The van der Waals surface area contributed by atoms with Crippen LogP contribution in [0.15, 0.2) is 58.6 Å². The number of nitriles is 1. The molecular formula is C23H17N3O6. The first-order valence-corrected chi connectivity index (χ1v) is 9.55. The van der Waals surface area contributed by atoms with Gasteiger partial charge in [-0.15, -0.1) is 0 Å². The van der Waals surface area contributed by atoms with Crippen LogP contribution < -0.4 is 10.1 Å². The number of urea groups is 1. The minimum absolute atomic E-state index is 0.0274. The molecule has 0 bridgehead atoms. The van der Waals surface area contributed by atoms with Crippen molar-refractivity contribution in [2.24, 2.45) is 0 Å². The number of methoxy groups -OCH3 is 1. The largest absolute Gasteiger partial charge is 0.478 e. The van der Waals surface area contributed by atoms with Gasteiger partial charge in [0.1, 0.15) is 23.3 Å². The van der Waals surface area contributed by atoms with Crippen LogP contribution in [0.5, 0.6) is 5.75 Å². The Hall–Kier alpha value is -4.58. The molecule has 1 aromatic heterocycles. The predicted octanol–water partition coefficient (Wildman–Crippen LogP) is 3.21. The average molecular weight is 431 g/mol. The summed E-state index contributed by atoms with van der Waals surface area (Å²) in [4.78, 5) is 37.9. The maximum absolute atomic E-state index is 12.9. The minimum Gasteiger partial charge on any atom is -0.478 e. The molecule has 32 heavy (non-hydrogen) atoms. The van der Waals surface area contributed by atoms with E-state index in [2.05, 4.69) is 10.1 Å². The van der Waals surface area contributed by atoms with Crippen LogP contribution in [-0.4, -0.2) is 36.5 Å². The number of hydrogen-bond donors (Lipinski definition) is 1. The lowest BCUT2D eigenvalue weighted by Gasteiger charge is -2.11. The van der Waals surface area contributed by atoms with Crippen molar-refractivity contribution in [1.29, 1.82) is 5.26 Å². The number of rotatable bonds is 6. The molecule has 0 saturated carbocycles. The van der Waals surface area contributed by atoms with Crippen molar-refractivity contribution in [1.82, 2.24) is 10.2 Å². The Morgan fingerprint density at radius 2 is 2.00 bits per heavy atom. The van der Waals surface area contributed by atoms with Crippen LogP contribution in [0.2, 0.25) is 0 Å². The molecule has 1 saturated heterocycles. The molecule has 1 aliphatic heterocycles. The van der Waals surface area contributed by atoms with Crippen LogP contribution in [0.3, 0.4) is 0 Å². The van der Waals surface area contributed by atoms with Crippen molar-refractivity contribution in [3.8, 4) is 11.8 Å². The smallest absolute Gasteiger partial charge is 0.373 e. The van der Waals surface area contributed by atoms with Gasteiger partial charge in [-0.1, -0.05) is 30.3 Å². The molecule has 0 atom stereocenters. The van der Waals surface area contributed by atoms with Crippen LogP contribution in [0.4, 0.5) is 4.79 Å². The number of hydrogen-bond acceptors (Lipinski definition) is 7. The van der Waals surface area contributed by atoms with Gasteiger partial charge in [-0.05, 0) is 35.0 Å². The first kappa shape index (κ1) is 20.7. The van der Waals surface area contributed by atoms with Crippen molar-refractivity contribution in [2.45, 2.75) is 6.54 Å². The predicted molar refractivity (Wildman–Crippen MR) is 112 cm³/mol. The molecule has 0 aliphatic carbocycles. The first-order valence-electron chi connectivity index (χ1n) is 9.55. The highest BCUT2D eigenvalue weighted by Crippen LogP contribution is 2.31. The zero-order valence-corrected chi connectivity index (χ0v) is 17.0. The third-order valence-corrected chi connectivity index (χ3v) is 4.84. The van der Waals surface area contributed by atoms with E-state index in [1.807, 2.05) is 36.4 Å². The molecule has 4 rings (SSSR count). The Bertz CT molecular complexity index is 1300. The fourth-order valence-corrected chi connectivity index (χ4v) is 3.35. The van der Waals surface area contributed by atoms with E-state index in [1.54, 1.807) is 6.07 Å². The number of imide groups is 1. The summed E-state index contributed by atoms with van der Waals surface area (Å²) in [6.45, 7) is -0.325. The van der Waals surface area contributed by atoms with Gasteiger partial charge in [0.2, 0.25) is 5.76 Å². The number of amides is 3. The Labute approximate surface area is 182 Å². The summed E-state index contributed by atoms with van der Waals surface area (Å²) in [5.41, 5.74) is 0.614. The van der Waals surface area contributed by atoms with E-state index in [9.17, 15) is 14.4 Å². The summed E-state index contributed by atoms with van der Waals surface area (Å²) in [5.74, 6) is -0.592. The second-order valence-corrected chi connectivity index (χ2v) is 6.78. The van der Waals surface area contributed by atoms with Crippen LogP contribution in [-0.2, 0) is 16.1 Å². The summed E-state index contributed by atoms with van der Waals surface area (Å²) in [6.07, 6.45) is 1.53. The van der Waals surface area contributed by atoms with E-state index >= 15 is 0 Å². The van der Waals surface area contributed by atoms with Gasteiger partial charge < -0.3 is 19.2 Å². The molecule has 0 radical (unpaired) electrons. The lowest BCUT2D eigenvalue weighted by Crippen LogP contribution is -2.30. The van der Waals surface area contributed by atoms with Crippen LogP contribution in [0.1, 0.15) is 21.9 Å². The van der Waals surface area contributed by atoms with E-state index in [1.165, 1.54) is 25.3 Å². The summed E-state index contributed by atoms with van der Waals surface area (Å²) >= 11 is 0. The summed E-state index contributed by atoms with van der Waals surface area (Å²) in [6, 6.07) is 15.2. The molecular weight excluding hydrogens is 414 g/mol. The number of furan rings is 1. The molecule has 3 aromatic rings. The molecule has 0 unspecified atom stereocenters. The summed E-state index contributed by atoms with van der Waals surface area (Å²) < 4.78 is 15.5. The first-order chi connectivity index (χ1) is 15.5. The van der Waals surface area contributed by atoms with Crippen molar-refractivity contribution < 1.29 is 28.3 Å². The van der Waals surface area contributed by atoms with Gasteiger partial charge >= 0.3 is 12.0 Å². The van der Waals surface area contributed by atoms with E-state index in [4.69, 9.17) is 14.4 Å². The Kier molecular flexibility index (Phi) is 5.59. The second kappa shape index (κ2) is 8.65. The summed E-state index contributed by atoms with van der Waals surface area (Å²) in [7, 11) is 1.22. The van der Waals surface area contributed by atoms with E-state index < -0.39 is 17.9 Å². The monoisotopic (exact) mass is 431 g/mol. The van der Waals surface area contributed by atoms with Gasteiger partial charge in [0.15, 0.2) is 6.61 Å². The Balaban J connectivity index is 1.66. The molecule has 2 heterocycles. The van der Waals surface area contributed by atoms with Crippen molar-refractivity contribution in [2.75, 3.05) is 13.7 Å². The molecule has 2 aromatic carbocycles. The highest BCUT2D eigenvalue weighted by Gasteiger charge is 2.34. The third-order valence-electron chi connectivity index (χ3n) is 4.84. The highest BCUT2D eigenvalue weighted by molar-refractivity contribution is 6.14. The fourth-order valence-electron chi connectivity index (χ4n) is 3.35. The highest BCUT2D eigenvalue weighted by atomic mass is 16.5. The second-order valence-electron chi connectivity index (χ2n) is 6.78. The van der Waals surface area contributed by atoms with Crippen LogP contribution in [0.25, 0.3) is 16.8 Å². The summed E-state index contributed by atoms with van der Waals surface area (Å²) in [5, 5.41) is 13.1. The van der Waals surface area contributed by atoms with Gasteiger partial charge in [-0.25, -0.2) is 9.59 Å². The molecule has 1 N–H and O–H groups in total. The van der Waals surface area contributed by atoms with E-state index in [0.717, 1.165) is 15.7 Å². The zero-order chi connectivity index (χ0) is 22.7. The maximum Gasteiger partial charge on any atom is 0.373 e. The van der Waals surface area contributed by atoms with Crippen molar-refractivity contribution >= 4 is 34.8 Å². The van der Waals surface area contributed by atoms with Crippen LogP contribution in [0, 0.1) is 11.3 Å². The molecule has 9 nitrogen and oxygen atoms in total. The Morgan fingerprint density at radius 3 is 2.78 bits per heavy atom. The molecule has 9 heteroatoms. The Morgan fingerprint density at radius 1 is 1.19 bits per heavy atom. The molecule has 0 spiro atoms. The molecule has 3 amide bonds. The van der Waals surface area contributed by atoms with Gasteiger partial charge in [-0.2, -0.15) is 5.26 Å². The number of benzene rings is 2. The fraction of sp³-hybridized carbons (Fsp3) is 0.130. The number of ether oxygens (including phenoxy) is 2. The van der Waals surface area contributed by atoms with Gasteiger partial charge in [0, 0.05) is 5.56 Å². The molecule has 1 fully saturated rings. The average Bonchev–Trinajstić information content (AvgIpc) is 3.38. The lowest BCUT2D eigenvalue weighted by molar-refractivity contribution is -0.123. The lowest BCUT2D eigenvalue weighted by atomic mass is 10.0. The molecule has 160 valence electrons. The van der Waals surface area contributed by atoms with Crippen molar-refractivity contribution in [3.63, 3.8) is 0 Å². The van der Waals surface area contributed by atoms with Gasteiger partial charge in [-0.3, -0.25) is 9.69 Å². The number of nitrogens with zero attached hydrogens (tertiary/aromatic N) is 2. The third kappa shape index (κ3) is 3.89. The number of carbonyl (C=O) groups is 3. The van der Waals surface area contributed by atoms with E-state index in [0.29, 0.717) is 11.3 Å². The number of carbonyl (C=O) groups excluding carboxylic acids is 3. The number of esters is 1. The van der Waals surface area contributed by atoms with E-state index in [-0.39, 0.29) is 30.4 Å². The standard InChI is InChI=1S/C23H17N3O6/c1-30-22(28)20-9-7-15(32-20)13-26-21(27)18(25-23(26)29)12-17-16-5-3-2-4-14(16)6-8-19(17)31-11-10-24/h2-9,12H,11,13H2,1H3,(H,25,29)/b18-12-. The zero-order valence-electron chi connectivity index (χ0n) is 17.0. The normalized spacial score (nSPS) is 14.5. The molecule has 1 aliphatic rings. The maximum atomic E-state index is 12.9. The number of nitrogens with one attached hydrogen (secondary N) is 1. The quantitative estimate of drug-likeness (QED) is 0.361. The minimum atomic E-state index is -0.658. The van der Waals surface area contributed by atoms with Gasteiger partial charge in [0.05, 0.1) is 13.7 Å².